The van der Waals surface area contributed by atoms with E-state index >= 15 is 0 Å². The van der Waals surface area contributed by atoms with Gasteiger partial charge >= 0.3 is 5.97 Å². The van der Waals surface area contributed by atoms with Crippen molar-refractivity contribution in [3.63, 3.8) is 0 Å². The summed E-state index contributed by atoms with van der Waals surface area (Å²) in [4.78, 5) is 49.6. The third-order valence-electron chi connectivity index (χ3n) is 5.30. The molecule has 1 unspecified atom stereocenters. The van der Waals surface area contributed by atoms with Crippen molar-refractivity contribution < 1.29 is 19.5 Å². The summed E-state index contributed by atoms with van der Waals surface area (Å²) >= 11 is 17.1. The minimum Gasteiger partial charge on any atom is -0.477 e. The van der Waals surface area contributed by atoms with Crippen molar-refractivity contribution in [2.45, 2.75) is 22.6 Å². The van der Waals surface area contributed by atoms with Crippen LogP contribution in [-0.2, 0) is 14.4 Å². The lowest BCUT2D eigenvalue weighted by Crippen LogP contribution is -2.70. The standard InChI is InChI=1S/C20H21Cl2N7O4S4/c1-28-14(4-12(23)26-20(28)24)37-7-36-9-5-35-18-15(17(31)29(18)16(9)19(32)33)27-13(30)6-34-8-2-10(21)25-11(22)3-8/h2-4,15,18,20H,5-7,24H2,1H3,(H2,23,26)(H,27,30)(H,32,33)/t15-,18-,20?/m1/s1. The SMILES string of the molecule is CN1C(SCSC2=C(C(=O)O)N3C(=O)[C@@H](NC(=O)CSc4cc(Cl)nc(Cl)c4)[C@H]3SC2)=CC(N)=NC1N. The molecular formula is C20H21Cl2N7O4S4. The van der Waals surface area contributed by atoms with Crippen LogP contribution in [0.3, 0.4) is 0 Å². The molecule has 0 aromatic carbocycles. The van der Waals surface area contributed by atoms with E-state index in [-0.39, 0.29) is 27.7 Å². The molecule has 0 saturated carbocycles. The van der Waals surface area contributed by atoms with E-state index in [0.29, 0.717) is 26.5 Å². The number of carboxylic acids is 1. The topological polar surface area (TPSA) is 167 Å². The molecular weight excluding hydrogens is 601 g/mol. The van der Waals surface area contributed by atoms with E-state index in [0.717, 1.165) is 5.03 Å². The molecule has 6 N–H and O–H groups in total. The summed E-state index contributed by atoms with van der Waals surface area (Å²) in [6, 6.07) is 2.36. The number of nitrogens with zero attached hydrogens (tertiary/aromatic N) is 4. The molecule has 0 aliphatic carbocycles. The van der Waals surface area contributed by atoms with Crippen LogP contribution in [0.2, 0.25) is 10.3 Å². The predicted octanol–water partition coefficient (Wildman–Crippen LogP) is 1.99. The van der Waals surface area contributed by atoms with Crippen LogP contribution in [0.15, 0.2) is 43.7 Å². The fraction of sp³-hybridized carbons (Fsp3) is 0.350. The molecule has 3 atom stereocenters. The number of fused-ring (bicyclic) bond motifs is 1. The summed E-state index contributed by atoms with van der Waals surface area (Å²) in [5.41, 5.74) is 11.7. The fourth-order valence-electron chi connectivity index (χ4n) is 3.53. The van der Waals surface area contributed by atoms with Gasteiger partial charge in [-0.25, -0.2) is 14.8 Å². The van der Waals surface area contributed by atoms with Gasteiger partial charge in [0.05, 0.1) is 10.8 Å². The van der Waals surface area contributed by atoms with Crippen molar-refractivity contribution in [3.8, 4) is 0 Å². The number of amides is 2. The van der Waals surface area contributed by atoms with Gasteiger partial charge in [-0.15, -0.1) is 35.3 Å². The Morgan fingerprint density at radius 2 is 1.97 bits per heavy atom. The Labute approximate surface area is 239 Å². The van der Waals surface area contributed by atoms with E-state index in [1.807, 2.05) is 0 Å². The van der Waals surface area contributed by atoms with Crippen LogP contribution in [0, 0.1) is 0 Å². The van der Waals surface area contributed by atoms with E-state index in [2.05, 4.69) is 15.3 Å². The Balaban J connectivity index is 1.35. The lowest BCUT2D eigenvalue weighted by molar-refractivity contribution is -0.150. The number of carbonyl (C=O) groups excluding carboxylic acids is 2. The number of pyridine rings is 1. The molecule has 0 bridgehead atoms. The average Bonchev–Trinajstić information content (AvgIpc) is 2.83. The molecule has 3 aliphatic heterocycles. The zero-order valence-electron chi connectivity index (χ0n) is 19.1. The Morgan fingerprint density at radius 3 is 2.65 bits per heavy atom. The number of carbonyl (C=O) groups is 3. The molecule has 0 spiro atoms. The average molecular weight is 623 g/mol. The molecule has 2 amide bonds. The Bertz CT molecular complexity index is 1210. The summed E-state index contributed by atoms with van der Waals surface area (Å²) in [7, 11) is 1.79. The highest BCUT2D eigenvalue weighted by Gasteiger charge is 2.54. The molecule has 4 heterocycles. The van der Waals surface area contributed by atoms with Crippen LogP contribution < -0.4 is 16.8 Å². The lowest BCUT2D eigenvalue weighted by Gasteiger charge is -2.49. The van der Waals surface area contributed by atoms with Crippen molar-refractivity contribution in [1.29, 1.82) is 0 Å². The van der Waals surface area contributed by atoms with Gasteiger partial charge in [-0.1, -0.05) is 35.0 Å². The third-order valence-corrected chi connectivity index (χ3v) is 10.5. The molecule has 37 heavy (non-hydrogen) atoms. The zero-order valence-corrected chi connectivity index (χ0v) is 23.9. The molecule has 0 radical (unpaired) electrons. The molecule has 17 heteroatoms. The number of halogens is 2. The highest BCUT2D eigenvalue weighted by atomic mass is 35.5. The van der Waals surface area contributed by atoms with Crippen LogP contribution in [0.5, 0.6) is 0 Å². The molecule has 1 aromatic heterocycles. The van der Waals surface area contributed by atoms with Gasteiger partial charge in [0.25, 0.3) is 5.91 Å². The minimum absolute atomic E-state index is 0.0287. The van der Waals surface area contributed by atoms with E-state index in [9.17, 15) is 19.5 Å². The molecule has 1 saturated heterocycles. The van der Waals surface area contributed by atoms with Crippen LogP contribution in [-0.4, -0.2) is 84.9 Å². The number of thioether (sulfide) groups is 4. The van der Waals surface area contributed by atoms with E-state index < -0.39 is 29.6 Å². The monoisotopic (exact) mass is 621 g/mol. The maximum atomic E-state index is 12.9. The largest absolute Gasteiger partial charge is 0.477 e. The van der Waals surface area contributed by atoms with Crippen molar-refractivity contribution in [2.24, 2.45) is 16.5 Å². The number of amidine groups is 1. The summed E-state index contributed by atoms with van der Waals surface area (Å²) < 4.78 is 0. The smallest absolute Gasteiger partial charge is 0.353 e. The number of hydrogen-bond acceptors (Lipinski definition) is 12. The molecule has 4 rings (SSSR count). The lowest BCUT2D eigenvalue weighted by atomic mass is 10.1. The number of hydrogen-bond donors (Lipinski definition) is 4. The summed E-state index contributed by atoms with van der Waals surface area (Å²) in [6.07, 6.45) is 1.12. The second-order valence-electron chi connectivity index (χ2n) is 7.74. The molecule has 198 valence electrons. The quantitative estimate of drug-likeness (QED) is 0.137. The zero-order chi connectivity index (χ0) is 26.9. The maximum absolute atomic E-state index is 12.9. The molecule has 3 aliphatic rings. The minimum atomic E-state index is -1.19. The molecule has 11 nitrogen and oxygen atoms in total. The van der Waals surface area contributed by atoms with Gasteiger partial charge in [0.1, 0.15) is 33.3 Å². The second-order valence-corrected chi connectivity index (χ2v) is 13.1. The highest BCUT2D eigenvalue weighted by Crippen LogP contribution is 2.44. The van der Waals surface area contributed by atoms with Gasteiger partial charge in [0, 0.05) is 33.8 Å². The van der Waals surface area contributed by atoms with E-state index in [1.165, 1.54) is 51.9 Å². The van der Waals surface area contributed by atoms with Gasteiger partial charge in [0.15, 0.2) is 6.29 Å². The Kier molecular flexibility index (Phi) is 9.14. The number of aliphatic imine (C=N–C) groups is 1. The first kappa shape index (κ1) is 28.3. The van der Waals surface area contributed by atoms with E-state index in [4.69, 9.17) is 34.7 Å². The van der Waals surface area contributed by atoms with Crippen molar-refractivity contribution >= 4 is 93.9 Å². The number of rotatable bonds is 9. The van der Waals surface area contributed by atoms with Crippen LogP contribution in [0.1, 0.15) is 0 Å². The van der Waals surface area contributed by atoms with Gasteiger partial charge in [-0.05, 0) is 12.1 Å². The first-order valence-corrected chi connectivity index (χ1v) is 15.3. The third kappa shape index (κ3) is 6.46. The normalized spacial score (nSPS) is 23.2. The number of nitrogens with two attached hydrogens (primary N) is 2. The fourth-order valence-corrected chi connectivity index (χ4v) is 8.75. The number of aromatic nitrogens is 1. The molecule has 1 fully saturated rings. The second kappa shape index (κ2) is 12.0. The van der Waals surface area contributed by atoms with E-state index in [1.54, 1.807) is 30.2 Å². The number of carboxylic acid groups (broad SMARTS) is 1. The summed E-state index contributed by atoms with van der Waals surface area (Å²) in [5.74, 6) is -1.26. The van der Waals surface area contributed by atoms with Crippen molar-refractivity contribution in [1.82, 2.24) is 20.1 Å². The first-order valence-electron chi connectivity index (χ1n) is 10.5. The van der Waals surface area contributed by atoms with Crippen LogP contribution in [0.4, 0.5) is 0 Å². The number of nitrogens with one attached hydrogen (secondary N) is 1. The van der Waals surface area contributed by atoms with Crippen molar-refractivity contribution in [3.05, 3.63) is 44.1 Å². The van der Waals surface area contributed by atoms with Gasteiger partial charge in [-0.2, -0.15) is 0 Å². The predicted molar refractivity (Wildman–Crippen MR) is 150 cm³/mol. The number of β-lactam (4-membered cyclic amide) rings is 1. The van der Waals surface area contributed by atoms with Gasteiger partial charge in [0.2, 0.25) is 5.91 Å². The molecule has 1 aromatic rings. The van der Waals surface area contributed by atoms with Crippen LogP contribution >= 0.6 is 70.2 Å². The van der Waals surface area contributed by atoms with Crippen LogP contribution in [0.25, 0.3) is 0 Å². The Morgan fingerprint density at radius 1 is 1.27 bits per heavy atom. The number of aliphatic carboxylic acids is 1. The first-order chi connectivity index (χ1) is 17.5. The Hall–Kier alpha value is -1.75. The summed E-state index contributed by atoms with van der Waals surface area (Å²) in [6.45, 7) is 0. The highest BCUT2D eigenvalue weighted by molar-refractivity contribution is 8.19. The van der Waals surface area contributed by atoms with Crippen molar-refractivity contribution in [2.75, 3.05) is 23.6 Å². The van der Waals surface area contributed by atoms with Gasteiger partial charge < -0.3 is 21.1 Å². The summed E-state index contributed by atoms with van der Waals surface area (Å²) in [5, 5.41) is 13.8. The maximum Gasteiger partial charge on any atom is 0.353 e. The van der Waals surface area contributed by atoms with Gasteiger partial charge in [-0.3, -0.25) is 20.2 Å².